The summed E-state index contributed by atoms with van der Waals surface area (Å²) in [6, 6.07) is 0. The minimum atomic E-state index is -0.443. The predicted molar refractivity (Wildman–Crippen MR) is 79.7 cm³/mol. The molecular weight excluding hydrogens is 280 g/mol. The molecule has 5 rings (SSSR count). The zero-order valence-corrected chi connectivity index (χ0v) is 13.6. The van der Waals surface area contributed by atoms with E-state index in [2.05, 4.69) is 24.3 Å². The van der Waals surface area contributed by atoms with E-state index < -0.39 is 11.6 Å². The average molecular weight is 304 g/mol. The highest BCUT2D eigenvalue weighted by atomic mass is 16.7. The third-order valence-corrected chi connectivity index (χ3v) is 7.62. The summed E-state index contributed by atoms with van der Waals surface area (Å²) in [5, 5.41) is 0. The lowest BCUT2D eigenvalue weighted by molar-refractivity contribution is -0.242. The minimum Gasteiger partial charge on any atom is -0.352 e. The highest BCUT2D eigenvalue weighted by molar-refractivity contribution is 5.37. The molecule has 0 radical (unpaired) electrons. The van der Waals surface area contributed by atoms with Crippen LogP contribution in [0.25, 0.3) is 0 Å². The van der Waals surface area contributed by atoms with Crippen molar-refractivity contribution in [2.75, 3.05) is 28.4 Å². The van der Waals surface area contributed by atoms with Crippen molar-refractivity contribution >= 4 is 0 Å². The molecule has 0 atom stereocenters. The van der Waals surface area contributed by atoms with Gasteiger partial charge in [0.15, 0.2) is 11.6 Å². The fraction of sp³-hybridized carbons (Fsp3) is 0.778. The van der Waals surface area contributed by atoms with Crippen LogP contribution in [0.4, 0.5) is 0 Å². The second-order valence-electron chi connectivity index (χ2n) is 7.44. The molecule has 0 aliphatic heterocycles. The number of hydrogen-bond donors (Lipinski definition) is 0. The molecule has 5 aliphatic rings. The summed E-state index contributed by atoms with van der Waals surface area (Å²) in [4.78, 5) is 0. The SMILES string of the molecule is COC1(OC)C2C=CC1C1C2C2C1C1C=CC2C1(OC)OC. The molecular formula is C18H24O4. The highest BCUT2D eigenvalue weighted by Crippen LogP contribution is 2.77. The van der Waals surface area contributed by atoms with Crippen LogP contribution in [-0.4, -0.2) is 40.0 Å². The fourth-order valence-corrected chi connectivity index (χ4v) is 7.10. The molecule has 5 aliphatic carbocycles. The van der Waals surface area contributed by atoms with Crippen molar-refractivity contribution in [1.29, 1.82) is 0 Å². The van der Waals surface area contributed by atoms with E-state index in [1.54, 1.807) is 28.4 Å². The molecule has 3 saturated carbocycles. The Hall–Kier alpha value is -0.680. The summed E-state index contributed by atoms with van der Waals surface area (Å²) in [6.07, 6.45) is 9.30. The number of rotatable bonds is 4. The van der Waals surface area contributed by atoms with E-state index in [0.717, 1.165) is 0 Å². The van der Waals surface area contributed by atoms with Crippen LogP contribution in [0.3, 0.4) is 0 Å². The predicted octanol–water partition coefficient (Wildman–Crippen LogP) is 2.07. The maximum atomic E-state index is 5.91. The second-order valence-corrected chi connectivity index (χ2v) is 7.44. The number of methoxy groups -OCH3 is 4. The van der Waals surface area contributed by atoms with Crippen LogP contribution in [0, 0.1) is 47.3 Å². The van der Waals surface area contributed by atoms with Crippen molar-refractivity contribution in [3.63, 3.8) is 0 Å². The Bertz CT molecular complexity index is 461. The molecule has 120 valence electrons. The summed E-state index contributed by atoms with van der Waals surface area (Å²) in [5.41, 5.74) is 0. The van der Waals surface area contributed by atoms with Gasteiger partial charge < -0.3 is 18.9 Å². The second kappa shape index (κ2) is 4.04. The van der Waals surface area contributed by atoms with E-state index >= 15 is 0 Å². The summed E-state index contributed by atoms with van der Waals surface area (Å²) in [6.45, 7) is 0. The van der Waals surface area contributed by atoms with Gasteiger partial charge in [-0.25, -0.2) is 0 Å². The van der Waals surface area contributed by atoms with Crippen LogP contribution in [-0.2, 0) is 18.9 Å². The zero-order valence-electron chi connectivity index (χ0n) is 13.6. The summed E-state index contributed by atoms with van der Waals surface area (Å²) < 4.78 is 23.6. The Morgan fingerprint density at radius 2 is 0.727 bits per heavy atom. The van der Waals surface area contributed by atoms with Gasteiger partial charge in [0, 0.05) is 52.1 Å². The van der Waals surface area contributed by atoms with Crippen molar-refractivity contribution in [3.8, 4) is 0 Å². The van der Waals surface area contributed by atoms with Crippen molar-refractivity contribution in [2.24, 2.45) is 47.3 Å². The maximum absolute atomic E-state index is 5.91. The molecule has 0 amide bonds. The van der Waals surface area contributed by atoms with Gasteiger partial charge in [-0.3, -0.25) is 0 Å². The van der Waals surface area contributed by atoms with E-state index in [0.29, 0.717) is 47.3 Å². The van der Waals surface area contributed by atoms with Crippen molar-refractivity contribution < 1.29 is 18.9 Å². The molecule has 0 aromatic heterocycles. The van der Waals surface area contributed by atoms with Gasteiger partial charge in [0.1, 0.15) is 0 Å². The molecule has 0 aromatic carbocycles. The molecule has 0 aromatic rings. The van der Waals surface area contributed by atoms with Crippen LogP contribution in [0.1, 0.15) is 0 Å². The lowest BCUT2D eigenvalue weighted by Crippen LogP contribution is -2.50. The van der Waals surface area contributed by atoms with Gasteiger partial charge in [-0.2, -0.15) is 0 Å². The highest BCUT2D eigenvalue weighted by Gasteiger charge is 2.80. The Kier molecular flexibility index (Phi) is 2.52. The van der Waals surface area contributed by atoms with Gasteiger partial charge in [-0.15, -0.1) is 0 Å². The van der Waals surface area contributed by atoms with Crippen molar-refractivity contribution in [2.45, 2.75) is 11.6 Å². The van der Waals surface area contributed by atoms with Crippen LogP contribution >= 0.6 is 0 Å². The van der Waals surface area contributed by atoms with E-state index in [-0.39, 0.29) is 0 Å². The van der Waals surface area contributed by atoms with Crippen molar-refractivity contribution in [1.82, 2.24) is 0 Å². The normalized spacial score (nSPS) is 53.6. The van der Waals surface area contributed by atoms with Crippen LogP contribution < -0.4 is 0 Å². The third kappa shape index (κ3) is 1.08. The van der Waals surface area contributed by atoms with Gasteiger partial charge in [-0.1, -0.05) is 24.3 Å². The van der Waals surface area contributed by atoms with E-state index in [1.807, 2.05) is 0 Å². The molecule has 0 spiro atoms. The first-order valence-corrected chi connectivity index (χ1v) is 8.27. The van der Waals surface area contributed by atoms with Gasteiger partial charge >= 0.3 is 0 Å². The first-order chi connectivity index (χ1) is 10.7. The molecule has 0 unspecified atom stereocenters. The monoisotopic (exact) mass is 304 g/mol. The van der Waals surface area contributed by atoms with Gasteiger partial charge in [-0.05, 0) is 23.7 Å². The molecule has 0 heterocycles. The van der Waals surface area contributed by atoms with Gasteiger partial charge in [0.05, 0.1) is 0 Å². The first-order valence-electron chi connectivity index (χ1n) is 8.27. The van der Waals surface area contributed by atoms with E-state index in [1.165, 1.54) is 0 Å². The Balaban J connectivity index is 1.56. The Morgan fingerprint density at radius 1 is 0.500 bits per heavy atom. The molecule has 3 fully saturated rings. The zero-order chi connectivity index (χ0) is 15.3. The van der Waals surface area contributed by atoms with E-state index in [4.69, 9.17) is 18.9 Å². The van der Waals surface area contributed by atoms with Crippen molar-refractivity contribution in [3.05, 3.63) is 24.3 Å². The Morgan fingerprint density at radius 3 is 0.909 bits per heavy atom. The lowest BCUT2D eigenvalue weighted by atomic mass is 9.50. The standard InChI is InChI=1S/C18H24O4/c1-19-17(20-2)9-5-6-10(17)14-13(9)15-11-7-8-12(16(14)15)18(11,21-3)22-4/h5-16H,1-4H3. The molecule has 4 bridgehead atoms. The molecule has 4 heteroatoms. The van der Waals surface area contributed by atoms with Crippen LogP contribution in [0.2, 0.25) is 0 Å². The number of hydrogen-bond acceptors (Lipinski definition) is 4. The first kappa shape index (κ1) is 13.7. The van der Waals surface area contributed by atoms with Gasteiger partial charge in [0.2, 0.25) is 0 Å². The van der Waals surface area contributed by atoms with Gasteiger partial charge in [0.25, 0.3) is 0 Å². The van der Waals surface area contributed by atoms with Crippen LogP contribution in [0.15, 0.2) is 24.3 Å². The quantitative estimate of drug-likeness (QED) is 0.588. The molecule has 0 N–H and O–H groups in total. The number of ether oxygens (including phenoxy) is 4. The summed E-state index contributed by atoms with van der Waals surface area (Å²) in [5.74, 6) is 3.07. The smallest absolute Gasteiger partial charge is 0.180 e. The fourth-order valence-electron chi connectivity index (χ4n) is 7.10. The lowest BCUT2D eigenvalue weighted by Gasteiger charge is -2.52. The topological polar surface area (TPSA) is 36.9 Å². The summed E-state index contributed by atoms with van der Waals surface area (Å²) >= 11 is 0. The third-order valence-electron chi connectivity index (χ3n) is 7.62. The average Bonchev–Trinajstić information content (AvgIpc) is 3.19. The molecule has 0 saturated heterocycles. The molecule has 22 heavy (non-hydrogen) atoms. The van der Waals surface area contributed by atoms with E-state index in [9.17, 15) is 0 Å². The maximum Gasteiger partial charge on any atom is 0.180 e. The largest absolute Gasteiger partial charge is 0.352 e. The molecule has 4 nitrogen and oxygen atoms in total. The number of fused-ring (bicyclic) bond motifs is 12. The summed E-state index contributed by atoms with van der Waals surface area (Å²) in [7, 11) is 7.16. The Labute approximate surface area is 131 Å². The van der Waals surface area contributed by atoms with Crippen LogP contribution in [0.5, 0.6) is 0 Å². The minimum absolute atomic E-state index is 0.359.